The number of anilines is 2. The second-order valence-corrected chi connectivity index (χ2v) is 9.15. The Morgan fingerprint density at radius 3 is 1.32 bits per heavy atom. The molecule has 4 rings (SSSR count). The number of para-hydroxylation sites is 2. The summed E-state index contributed by atoms with van der Waals surface area (Å²) in [6, 6.07) is 33.9. The molecule has 0 spiro atoms. The maximum atomic E-state index is 13.2. The monoisotopic (exact) mass is 468 g/mol. The average molecular weight is 469 g/mol. The number of carbonyl (C=O) groups excluding carboxylic acids is 2. The number of hydrogen-bond acceptors (Lipinski definition) is 3. The van der Waals surface area contributed by atoms with Crippen molar-refractivity contribution in [1.29, 1.82) is 0 Å². The van der Waals surface area contributed by atoms with Crippen LogP contribution in [0.15, 0.2) is 109 Å². The third-order valence-electron chi connectivity index (χ3n) is 5.35. The van der Waals surface area contributed by atoms with E-state index >= 15 is 0 Å². The van der Waals surface area contributed by atoms with Gasteiger partial charge in [0.15, 0.2) is 5.25 Å². The zero-order valence-electron chi connectivity index (χ0n) is 18.6. The predicted octanol–water partition coefficient (Wildman–Crippen LogP) is 5.34. The Morgan fingerprint density at radius 1 is 0.588 bits per heavy atom. The molecule has 170 valence electrons. The number of nitrogens with one attached hydrogen (secondary N) is 2. The van der Waals surface area contributed by atoms with Gasteiger partial charge < -0.3 is 10.6 Å². The smallest absolute Gasteiger partial charge is 0.249 e. The zero-order chi connectivity index (χ0) is 23.9. The minimum absolute atomic E-state index is 0.548. The lowest BCUT2D eigenvalue weighted by Gasteiger charge is -2.18. The molecule has 0 fully saturated rings. The van der Waals surface area contributed by atoms with Crippen LogP contribution in [-0.4, -0.2) is 27.5 Å². The molecule has 2 amide bonds. The van der Waals surface area contributed by atoms with Gasteiger partial charge in [-0.1, -0.05) is 97.1 Å². The molecular formula is C28H24N2O3S. The SMILES string of the molecule is C[S@](=O)C(C(=O)Nc1ccccc1-c1ccccc1)C(=O)Nc1ccccc1-c1ccccc1. The third-order valence-corrected chi connectivity index (χ3v) is 6.44. The van der Waals surface area contributed by atoms with E-state index in [1.165, 1.54) is 6.26 Å². The molecule has 1 atom stereocenters. The summed E-state index contributed by atoms with van der Waals surface area (Å²) in [7, 11) is -1.74. The lowest BCUT2D eigenvalue weighted by atomic mass is 10.0. The maximum absolute atomic E-state index is 13.2. The Hall–Kier alpha value is -4.03. The molecule has 5 nitrogen and oxygen atoms in total. The van der Waals surface area contributed by atoms with E-state index < -0.39 is 27.9 Å². The van der Waals surface area contributed by atoms with Gasteiger partial charge in [-0.2, -0.15) is 0 Å². The fourth-order valence-electron chi connectivity index (χ4n) is 3.74. The first-order chi connectivity index (χ1) is 16.5. The summed E-state index contributed by atoms with van der Waals surface area (Å²) < 4.78 is 12.5. The molecule has 0 unspecified atom stereocenters. The molecule has 34 heavy (non-hydrogen) atoms. The Bertz CT molecular complexity index is 1230. The molecule has 0 saturated heterocycles. The van der Waals surface area contributed by atoms with Gasteiger partial charge in [-0.15, -0.1) is 0 Å². The molecule has 0 aliphatic carbocycles. The summed E-state index contributed by atoms with van der Waals surface area (Å²) in [6.45, 7) is 0. The van der Waals surface area contributed by atoms with Crippen molar-refractivity contribution in [1.82, 2.24) is 0 Å². The van der Waals surface area contributed by atoms with Crippen LogP contribution >= 0.6 is 0 Å². The summed E-state index contributed by atoms with van der Waals surface area (Å²) in [5, 5.41) is 4.24. The van der Waals surface area contributed by atoms with Crippen LogP contribution in [-0.2, 0) is 20.4 Å². The second kappa shape index (κ2) is 10.7. The van der Waals surface area contributed by atoms with Crippen LogP contribution in [0.5, 0.6) is 0 Å². The topological polar surface area (TPSA) is 75.3 Å². The summed E-state index contributed by atoms with van der Waals surface area (Å²) in [4.78, 5) is 26.3. The lowest BCUT2D eigenvalue weighted by molar-refractivity contribution is -0.123. The quantitative estimate of drug-likeness (QED) is 0.359. The van der Waals surface area contributed by atoms with Crippen LogP contribution in [0.2, 0.25) is 0 Å². The Kier molecular flexibility index (Phi) is 7.30. The summed E-state index contributed by atoms with van der Waals surface area (Å²) in [6.07, 6.45) is 1.36. The van der Waals surface area contributed by atoms with Gasteiger partial charge in [-0.25, -0.2) is 0 Å². The highest BCUT2D eigenvalue weighted by atomic mass is 32.2. The molecule has 6 heteroatoms. The zero-order valence-corrected chi connectivity index (χ0v) is 19.4. The van der Waals surface area contributed by atoms with E-state index in [2.05, 4.69) is 10.6 Å². The van der Waals surface area contributed by atoms with Gasteiger partial charge in [-0.05, 0) is 23.3 Å². The van der Waals surface area contributed by atoms with E-state index in [1.54, 1.807) is 24.3 Å². The number of rotatable bonds is 7. The normalized spacial score (nSPS) is 11.6. The first-order valence-electron chi connectivity index (χ1n) is 10.8. The van der Waals surface area contributed by atoms with Gasteiger partial charge in [0.25, 0.3) is 0 Å². The fourth-order valence-corrected chi connectivity index (χ4v) is 4.46. The first-order valence-corrected chi connectivity index (χ1v) is 12.4. The molecule has 0 aliphatic rings. The van der Waals surface area contributed by atoms with Crippen LogP contribution in [0.25, 0.3) is 22.3 Å². The summed E-state index contributed by atoms with van der Waals surface area (Å²) in [5.74, 6) is -1.25. The van der Waals surface area contributed by atoms with Gasteiger partial charge in [0, 0.05) is 39.6 Å². The van der Waals surface area contributed by atoms with Crippen LogP contribution < -0.4 is 10.6 Å². The minimum Gasteiger partial charge on any atom is -0.324 e. The van der Waals surface area contributed by atoms with Gasteiger partial charge in [0.2, 0.25) is 11.8 Å². The Balaban J connectivity index is 1.58. The van der Waals surface area contributed by atoms with E-state index in [-0.39, 0.29) is 0 Å². The van der Waals surface area contributed by atoms with Crippen molar-refractivity contribution >= 4 is 34.0 Å². The molecule has 0 bridgehead atoms. The van der Waals surface area contributed by atoms with Crippen molar-refractivity contribution < 1.29 is 13.8 Å². The van der Waals surface area contributed by atoms with Crippen molar-refractivity contribution in [3.05, 3.63) is 109 Å². The first kappa shape index (κ1) is 23.1. The number of benzene rings is 4. The van der Waals surface area contributed by atoms with E-state index in [4.69, 9.17) is 0 Å². The second-order valence-electron chi connectivity index (χ2n) is 7.68. The van der Waals surface area contributed by atoms with Crippen LogP contribution in [0.1, 0.15) is 0 Å². The molecule has 0 heterocycles. The molecule has 0 aromatic heterocycles. The van der Waals surface area contributed by atoms with Crippen molar-refractivity contribution in [2.24, 2.45) is 0 Å². The van der Waals surface area contributed by atoms with Crippen molar-refractivity contribution in [3.63, 3.8) is 0 Å². The summed E-state index contributed by atoms with van der Waals surface area (Å²) in [5.41, 5.74) is 4.57. The Morgan fingerprint density at radius 2 is 0.941 bits per heavy atom. The largest absolute Gasteiger partial charge is 0.324 e. The van der Waals surface area contributed by atoms with Crippen LogP contribution in [0, 0.1) is 0 Å². The van der Waals surface area contributed by atoms with Gasteiger partial charge in [0.1, 0.15) is 0 Å². The summed E-state index contributed by atoms with van der Waals surface area (Å²) >= 11 is 0. The van der Waals surface area contributed by atoms with E-state index in [1.807, 2.05) is 84.9 Å². The molecule has 2 N–H and O–H groups in total. The molecular weight excluding hydrogens is 444 g/mol. The number of amides is 2. The predicted molar refractivity (Wildman–Crippen MR) is 139 cm³/mol. The van der Waals surface area contributed by atoms with Crippen molar-refractivity contribution in [2.45, 2.75) is 5.25 Å². The Labute approximate surface area is 201 Å². The molecule has 0 radical (unpaired) electrons. The van der Waals surface area contributed by atoms with E-state index in [0.29, 0.717) is 11.4 Å². The highest BCUT2D eigenvalue weighted by Gasteiger charge is 2.31. The third kappa shape index (κ3) is 5.30. The van der Waals surface area contributed by atoms with Gasteiger partial charge in [-0.3, -0.25) is 13.8 Å². The van der Waals surface area contributed by atoms with E-state index in [9.17, 15) is 13.8 Å². The van der Waals surface area contributed by atoms with Crippen LogP contribution in [0.4, 0.5) is 11.4 Å². The van der Waals surface area contributed by atoms with Gasteiger partial charge in [0.05, 0.1) is 0 Å². The number of carbonyl (C=O) groups is 2. The van der Waals surface area contributed by atoms with Crippen LogP contribution in [0.3, 0.4) is 0 Å². The molecule has 0 aliphatic heterocycles. The standard InChI is InChI=1S/C28H24N2O3S/c1-34(33)26(27(31)29-24-18-10-8-16-22(24)20-12-4-2-5-13-20)28(32)30-25-19-11-9-17-23(25)21-14-6-3-7-15-21/h2-19,26H,1H3,(H,29,31)(H,30,32)/t34-/m0/s1. The fraction of sp³-hybridized carbons (Fsp3) is 0.0714. The molecule has 4 aromatic rings. The highest BCUT2D eigenvalue weighted by molar-refractivity contribution is 7.86. The highest BCUT2D eigenvalue weighted by Crippen LogP contribution is 2.29. The minimum atomic E-state index is -1.74. The van der Waals surface area contributed by atoms with Crippen molar-refractivity contribution in [2.75, 3.05) is 16.9 Å². The molecule has 4 aromatic carbocycles. The number of hydrogen-bond donors (Lipinski definition) is 2. The maximum Gasteiger partial charge on any atom is 0.249 e. The van der Waals surface area contributed by atoms with Crippen molar-refractivity contribution in [3.8, 4) is 22.3 Å². The van der Waals surface area contributed by atoms with Gasteiger partial charge >= 0.3 is 0 Å². The average Bonchev–Trinajstić information content (AvgIpc) is 2.85. The molecule has 0 saturated carbocycles. The van der Waals surface area contributed by atoms with E-state index in [0.717, 1.165) is 22.3 Å². The lowest BCUT2D eigenvalue weighted by Crippen LogP contribution is -2.41.